The van der Waals surface area contributed by atoms with Crippen LogP contribution in [0.3, 0.4) is 0 Å². The quantitative estimate of drug-likeness (QED) is 0.440. The van der Waals surface area contributed by atoms with Crippen molar-refractivity contribution < 1.29 is 5.11 Å². The van der Waals surface area contributed by atoms with Gasteiger partial charge in [0.15, 0.2) is 0 Å². The molecule has 2 aromatic rings. The summed E-state index contributed by atoms with van der Waals surface area (Å²) in [6, 6.07) is 5.17. The molecule has 13 heavy (non-hydrogen) atoms. The molecule has 0 unspecified atom stereocenters. The number of imidazole rings is 1. The third-order valence-electron chi connectivity index (χ3n) is 2.00. The molecular formula is C8H10N4O. The maximum Gasteiger partial charge on any atom is 0.218 e. The van der Waals surface area contributed by atoms with E-state index in [1.807, 2.05) is 6.07 Å². The Morgan fingerprint density at radius 1 is 1.54 bits per heavy atom. The molecule has 0 aliphatic heterocycles. The zero-order valence-electron chi connectivity index (χ0n) is 7.15. The van der Waals surface area contributed by atoms with Crippen molar-refractivity contribution in [1.29, 1.82) is 0 Å². The van der Waals surface area contributed by atoms with Crippen molar-refractivity contribution in [2.24, 2.45) is 12.9 Å². The van der Waals surface area contributed by atoms with E-state index in [0.29, 0.717) is 11.5 Å². The highest BCUT2D eigenvalue weighted by Gasteiger charge is 2.08. The molecule has 0 spiro atoms. The first-order valence-electron chi connectivity index (χ1n) is 3.85. The van der Waals surface area contributed by atoms with Crippen LogP contribution in [-0.4, -0.2) is 14.7 Å². The van der Waals surface area contributed by atoms with Crippen molar-refractivity contribution in [1.82, 2.24) is 9.55 Å². The average molecular weight is 178 g/mol. The van der Waals surface area contributed by atoms with Crippen LogP contribution < -0.4 is 11.3 Å². The molecule has 5 nitrogen and oxygen atoms in total. The van der Waals surface area contributed by atoms with Crippen LogP contribution in [0.15, 0.2) is 18.2 Å². The molecule has 1 aromatic heterocycles. The van der Waals surface area contributed by atoms with Gasteiger partial charge >= 0.3 is 0 Å². The van der Waals surface area contributed by atoms with Crippen LogP contribution in [0.2, 0.25) is 0 Å². The highest BCUT2D eigenvalue weighted by Crippen LogP contribution is 2.25. The van der Waals surface area contributed by atoms with Crippen molar-refractivity contribution in [3.05, 3.63) is 18.2 Å². The van der Waals surface area contributed by atoms with Gasteiger partial charge in [0.25, 0.3) is 0 Å². The number of para-hydroxylation sites is 1. The molecule has 0 fully saturated rings. The maximum atomic E-state index is 9.53. The molecule has 4 N–H and O–H groups in total. The number of aromatic hydroxyl groups is 1. The number of benzene rings is 1. The van der Waals surface area contributed by atoms with Gasteiger partial charge in [-0.15, -0.1) is 0 Å². The van der Waals surface area contributed by atoms with Crippen LogP contribution in [0.1, 0.15) is 0 Å². The Kier molecular flexibility index (Phi) is 1.60. The number of nitrogens with one attached hydrogen (secondary N) is 1. The highest BCUT2D eigenvalue weighted by atomic mass is 16.3. The molecule has 68 valence electrons. The lowest BCUT2D eigenvalue weighted by Crippen LogP contribution is -2.11. The fraction of sp³-hybridized carbons (Fsp3) is 0.125. The molecule has 0 atom stereocenters. The van der Waals surface area contributed by atoms with E-state index in [0.717, 1.165) is 5.52 Å². The lowest BCUT2D eigenvalue weighted by Gasteiger charge is -2.00. The second-order valence-corrected chi connectivity index (χ2v) is 2.78. The van der Waals surface area contributed by atoms with E-state index in [2.05, 4.69) is 10.4 Å². The number of nitrogen functional groups attached to an aromatic ring is 1. The van der Waals surface area contributed by atoms with Gasteiger partial charge in [0.05, 0.1) is 5.52 Å². The number of fused-ring (bicyclic) bond motifs is 1. The molecular weight excluding hydrogens is 168 g/mol. The summed E-state index contributed by atoms with van der Waals surface area (Å²) in [4.78, 5) is 4.16. The molecule has 1 heterocycles. The van der Waals surface area contributed by atoms with E-state index in [1.165, 1.54) is 0 Å². The van der Waals surface area contributed by atoms with Crippen LogP contribution in [0.4, 0.5) is 5.95 Å². The van der Waals surface area contributed by atoms with Crippen LogP contribution in [0.25, 0.3) is 11.0 Å². The zero-order chi connectivity index (χ0) is 9.42. The zero-order valence-corrected chi connectivity index (χ0v) is 7.15. The number of anilines is 1. The van der Waals surface area contributed by atoms with Gasteiger partial charge in [-0.2, -0.15) is 0 Å². The fourth-order valence-electron chi connectivity index (χ4n) is 1.38. The predicted octanol–water partition coefficient (Wildman–Crippen LogP) is 0.564. The number of aromatic nitrogens is 2. The molecule has 0 saturated carbocycles. The summed E-state index contributed by atoms with van der Waals surface area (Å²) in [5.74, 6) is 5.98. The second kappa shape index (κ2) is 2.63. The topological polar surface area (TPSA) is 76.1 Å². The van der Waals surface area contributed by atoms with Crippen molar-refractivity contribution in [3.63, 3.8) is 0 Å². The van der Waals surface area contributed by atoms with Gasteiger partial charge in [-0.25, -0.2) is 10.8 Å². The van der Waals surface area contributed by atoms with Crippen molar-refractivity contribution in [3.8, 4) is 5.75 Å². The molecule has 0 aliphatic rings. The van der Waals surface area contributed by atoms with E-state index in [9.17, 15) is 5.11 Å². The Labute approximate surface area is 74.8 Å². The minimum Gasteiger partial charge on any atom is -0.506 e. The molecule has 0 radical (unpaired) electrons. The average Bonchev–Trinajstić information content (AvgIpc) is 2.44. The first-order valence-corrected chi connectivity index (χ1v) is 3.85. The normalized spacial score (nSPS) is 10.6. The van der Waals surface area contributed by atoms with Gasteiger partial charge in [0, 0.05) is 7.05 Å². The molecule has 1 aromatic carbocycles. The van der Waals surface area contributed by atoms with E-state index >= 15 is 0 Å². The van der Waals surface area contributed by atoms with Gasteiger partial charge < -0.3 is 9.67 Å². The van der Waals surface area contributed by atoms with Crippen molar-refractivity contribution >= 4 is 17.0 Å². The van der Waals surface area contributed by atoms with E-state index in [-0.39, 0.29) is 5.75 Å². The monoisotopic (exact) mass is 178 g/mol. The number of aryl methyl sites for hydroxylation is 1. The summed E-state index contributed by atoms with van der Waals surface area (Å²) in [7, 11) is 1.78. The maximum absolute atomic E-state index is 9.53. The number of hydrazine groups is 1. The molecule has 0 aliphatic carbocycles. The summed E-state index contributed by atoms with van der Waals surface area (Å²) >= 11 is 0. The largest absolute Gasteiger partial charge is 0.506 e. The molecule has 0 bridgehead atoms. The third-order valence-corrected chi connectivity index (χ3v) is 2.00. The summed E-state index contributed by atoms with van der Waals surface area (Å²) in [5, 5.41) is 9.53. The van der Waals surface area contributed by atoms with Crippen molar-refractivity contribution in [2.45, 2.75) is 0 Å². The Bertz CT molecular complexity index is 449. The SMILES string of the molecule is Cn1c(NN)nc2cccc(O)c21. The lowest BCUT2D eigenvalue weighted by molar-refractivity contribution is 0.479. The summed E-state index contributed by atoms with van der Waals surface area (Å²) < 4.78 is 1.70. The summed E-state index contributed by atoms with van der Waals surface area (Å²) in [6.07, 6.45) is 0. The number of hydrogen-bond donors (Lipinski definition) is 3. The Morgan fingerprint density at radius 2 is 2.31 bits per heavy atom. The number of phenolic OH excluding ortho intramolecular Hbond substituents is 1. The molecule has 0 amide bonds. The van der Waals surface area contributed by atoms with Gasteiger partial charge in [-0.1, -0.05) is 6.07 Å². The van der Waals surface area contributed by atoms with Crippen LogP contribution in [0, 0.1) is 0 Å². The molecule has 5 heteroatoms. The lowest BCUT2D eigenvalue weighted by atomic mass is 10.3. The second-order valence-electron chi connectivity index (χ2n) is 2.78. The third kappa shape index (κ3) is 1.01. The van der Waals surface area contributed by atoms with Gasteiger partial charge in [0.1, 0.15) is 11.3 Å². The highest BCUT2D eigenvalue weighted by molar-refractivity contribution is 5.84. The molecule has 0 saturated heterocycles. The first kappa shape index (κ1) is 7.88. The first-order chi connectivity index (χ1) is 6.24. The predicted molar refractivity (Wildman–Crippen MR) is 50.2 cm³/mol. The number of rotatable bonds is 1. The van der Waals surface area contributed by atoms with Gasteiger partial charge in [0.2, 0.25) is 5.95 Å². The number of hydrogen-bond acceptors (Lipinski definition) is 4. The van der Waals surface area contributed by atoms with Crippen molar-refractivity contribution in [2.75, 3.05) is 5.43 Å². The standard InChI is InChI=1S/C8H10N4O/c1-12-7-5(10-8(12)11-9)3-2-4-6(7)13/h2-4,13H,9H2,1H3,(H,10,11). The Hall–Kier alpha value is -1.75. The number of nitrogens with zero attached hydrogens (tertiary/aromatic N) is 2. The summed E-state index contributed by atoms with van der Waals surface area (Å²) in [6.45, 7) is 0. The van der Waals surface area contributed by atoms with Gasteiger partial charge in [-0.05, 0) is 12.1 Å². The summed E-state index contributed by atoms with van der Waals surface area (Å²) in [5.41, 5.74) is 3.85. The van der Waals surface area contributed by atoms with E-state index in [1.54, 1.807) is 23.7 Å². The Balaban J connectivity index is 2.85. The minimum absolute atomic E-state index is 0.203. The van der Waals surface area contributed by atoms with Crippen LogP contribution in [0.5, 0.6) is 5.75 Å². The van der Waals surface area contributed by atoms with Gasteiger partial charge in [-0.3, -0.25) is 5.43 Å². The van der Waals surface area contributed by atoms with Crippen LogP contribution in [-0.2, 0) is 7.05 Å². The smallest absolute Gasteiger partial charge is 0.218 e. The van der Waals surface area contributed by atoms with E-state index < -0.39 is 0 Å². The van der Waals surface area contributed by atoms with Crippen LogP contribution >= 0.6 is 0 Å². The van der Waals surface area contributed by atoms with E-state index in [4.69, 9.17) is 5.84 Å². The minimum atomic E-state index is 0.203. The Morgan fingerprint density at radius 3 is 2.92 bits per heavy atom. The number of nitrogens with two attached hydrogens (primary N) is 1. The molecule has 2 rings (SSSR count). The number of phenols is 1. The fourth-order valence-corrected chi connectivity index (χ4v) is 1.38.